The molecule has 0 amide bonds. The Balaban J connectivity index is 1.48. The highest BCUT2D eigenvalue weighted by Gasteiger charge is 2.26. The Morgan fingerprint density at radius 3 is 2.00 bits per heavy atom. The van der Waals surface area contributed by atoms with Crippen LogP contribution >= 0.6 is 24.0 Å². The Labute approximate surface area is 175 Å². The first-order valence-electron chi connectivity index (χ1n) is 9.59. The molecule has 0 saturated carbocycles. The molecular weight excluding hydrogens is 380 g/mol. The molecule has 0 unspecified atom stereocenters. The number of piperidine rings is 1. The van der Waals surface area contributed by atoms with Gasteiger partial charge in [-0.3, -0.25) is 4.98 Å². The molecule has 2 aliphatic heterocycles. The van der Waals surface area contributed by atoms with Crippen molar-refractivity contribution >= 4 is 34.5 Å². The van der Waals surface area contributed by atoms with Crippen LogP contribution in [0.5, 0.6) is 0 Å². The molecule has 2 aliphatic rings. The molecule has 0 atom stereocenters. The molecule has 1 saturated heterocycles. The number of aromatic nitrogens is 1. The monoisotopic (exact) mass is 400 g/mol. The third-order valence-corrected chi connectivity index (χ3v) is 7.11. The van der Waals surface area contributed by atoms with Crippen LogP contribution in [-0.4, -0.2) is 28.0 Å². The number of benzene rings is 2. The number of pyridine rings is 1. The highest BCUT2D eigenvalue weighted by molar-refractivity contribution is 7.99. The first-order valence-corrected chi connectivity index (χ1v) is 10.8. The van der Waals surface area contributed by atoms with Gasteiger partial charge in [0, 0.05) is 40.8 Å². The zero-order chi connectivity index (χ0) is 18.9. The zero-order valence-corrected chi connectivity index (χ0v) is 17.1. The molecule has 3 heterocycles. The minimum Gasteiger partial charge on any atom is -0.362 e. The van der Waals surface area contributed by atoms with Crippen molar-refractivity contribution in [3.05, 3.63) is 95.3 Å². The molecule has 0 radical (unpaired) electrons. The Hall–Kier alpha value is -2.43. The maximum Gasteiger partial charge on any atom is 0.109 e. The minimum absolute atomic E-state index is 0.937. The van der Waals surface area contributed by atoms with E-state index in [4.69, 9.17) is 12.2 Å². The van der Waals surface area contributed by atoms with E-state index in [-0.39, 0.29) is 0 Å². The molecule has 0 aliphatic carbocycles. The summed E-state index contributed by atoms with van der Waals surface area (Å²) in [5.41, 5.74) is 6.84. The molecule has 2 aromatic carbocycles. The predicted molar refractivity (Wildman–Crippen MR) is 120 cm³/mol. The van der Waals surface area contributed by atoms with Crippen LogP contribution in [0.2, 0.25) is 0 Å². The molecule has 138 valence electrons. The van der Waals surface area contributed by atoms with Crippen molar-refractivity contribution < 1.29 is 0 Å². The Kier molecular flexibility index (Phi) is 4.75. The topological polar surface area (TPSA) is 16.1 Å². The molecule has 1 fully saturated rings. The Morgan fingerprint density at radius 1 is 0.821 bits per heavy atom. The maximum absolute atomic E-state index is 5.74. The highest BCUT2D eigenvalue weighted by Crippen LogP contribution is 2.47. The van der Waals surface area contributed by atoms with E-state index in [1.807, 2.05) is 36.3 Å². The summed E-state index contributed by atoms with van der Waals surface area (Å²) < 4.78 is 0. The largest absolute Gasteiger partial charge is 0.362 e. The SMILES string of the molecule is S=C(c1ccncc1)N1CCC(=C2c3ccccc3Sc3ccccc32)CC1. The summed E-state index contributed by atoms with van der Waals surface area (Å²) >= 11 is 7.62. The smallest absolute Gasteiger partial charge is 0.109 e. The van der Waals surface area contributed by atoms with Gasteiger partial charge in [-0.05, 0) is 53.8 Å². The third-order valence-electron chi connectivity index (χ3n) is 5.47. The summed E-state index contributed by atoms with van der Waals surface area (Å²) in [4.78, 5) is 10.1. The second-order valence-electron chi connectivity index (χ2n) is 7.10. The van der Waals surface area contributed by atoms with Crippen LogP contribution < -0.4 is 0 Å². The normalized spacial score (nSPS) is 15.8. The van der Waals surface area contributed by atoms with Gasteiger partial charge >= 0.3 is 0 Å². The van der Waals surface area contributed by atoms with E-state index in [9.17, 15) is 0 Å². The first kappa shape index (κ1) is 17.7. The van der Waals surface area contributed by atoms with Crippen LogP contribution in [-0.2, 0) is 0 Å². The number of nitrogens with zero attached hydrogens (tertiary/aromatic N) is 2. The zero-order valence-electron chi connectivity index (χ0n) is 15.5. The van der Waals surface area contributed by atoms with Crippen molar-refractivity contribution in [2.24, 2.45) is 0 Å². The molecule has 3 aromatic rings. The van der Waals surface area contributed by atoms with Gasteiger partial charge in [-0.1, -0.05) is 66.0 Å². The van der Waals surface area contributed by atoms with E-state index < -0.39 is 0 Å². The van der Waals surface area contributed by atoms with Crippen molar-refractivity contribution in [2.75, 3.05) is 13.1 Å². The van der Waals surface area contributed by atoms with E-state index >= 15 is 0 Å². The van der Waals surface area contributed by atoms with Gasteiger partial charge in [0.1, 0.15) is 4.99 Å². The molecule has 0 spiro atoms. The predicted octanol–water partition coefficient (Wildman–Crippen LogP) is 5.82. The summed E-state index contributed by atoms with van der Waals surface area (Å²) in [5.74, 6) is 0. The van der Waals surface area contributed by atoms with Gasteiger partial charge in [-0.2, -0.15) is 0 Å². The Bertz CT molecular complexity index is 1020. The van der Waals surface area contributed by atoms with Crippen LogP contribution in [0, 0.1) is 0 Å². The fourth-order valence-corrected chi connectivity index (χ4v) is 5.48. The molecule has 2 nitrogen and oxygen atoms in total. The summed E-state index contributed by atoms with van der Waals surface area (Å²) in [6.07, 6.45) is 5.72. The van der Waals surface area contributed by atoms with E-state index in [2.05, 4.69) is 58.4 Å². The van der Waals surface area contributed by atoms with Crippen molar-refractivity contribution in [1.82, 2.24) is 9.88 Å². The minimum atomic E-state index is 0.937. The maximum atomic E-state index is 5.74. The van der Waals surface area contributed by atoms with Gasteiger partial charge in [0.05, 0.1) is 0 Å². The molecule has 0 bridgehead atoms. The first-order chi connectivity index (χ1) is 13.8. The van der Waals surface area contributed by atoms with Gasteiger partial charge in [0.25, 0.3) is 0 Å². The fourth-order valence-electron chi connectivity index (χ4n) is 4.08. The van der Waals surface area contributed by atoms with Gasteiger partial charge < -0.3 is 4.90 Å². The number of likely N-dealkylation sites (tertiary alicyclic amines) is 1. The van der Waals surface area contributed by atoms with Crippen LogP contribution in [0.1, 0.15) is 29.5 Å². The van der Waals surface area contributed by atoms with Crippen LogP contribution in [0.4, 0.5) is 0 Å². The summed E-state index contributed by atoms with van der Waals surface area (Å²) in [5, 5.41) is 0. The van der Waals surface area contributed by atoms with Crippen molar-refractivity contribution in [3.63, 3.8) is 0 Å². The lowest BCUT2D eigenvalue weighted by molar-refractivity contribution is 0.395. The third kappa shape index (κ3) is 3.17. The molecule has 1 aromatic heterocycles. The van der Waals surface area contributed by atoms with Crippen LogP contribution in [0.25, 0.3) is 5.57 Å². The van der Waals surface area contributed by atoms with E-state index in [0.717, 1.165) is 36.5 Å². The average molecular weight is 401 g/mol. The number of hydrogen-bond acceptors (Lipinski definition) is 3. The summed E-state index contributed by atoms with van der Waals surface area (Å²) in [6, 6.07) is 21.6. The molecule has 28 heavy (non-hydrogen) atoms. The number of rotatable bonds is 1. The summed E-state index contributed by atoms with van der Waals surface area (Å²) in [6.45, 7) is 1.94. The van der Waals surface area contributed by atoms with Crippen molar-refractivity contribution in [3.8, 4) is 0 Å². The quantitative estimate of drug-likeness (QED) is 0.374. The fraction of sp³-hybridized carbons (Fsp3) is 0.167. The second-order valence-corrected chi connectivity index (χ2v) is 8.57. The van der Waals surface area contributed by atoms with Gasteiger partial charge in [-0.15, -0.1) is 0 Å². The molecule has 4 heteroatoms. The van der Waals surface area contributed by atoms with Crippen LogP contribution in [0.3, 0.4) is 0 Å². The molecule has 0 N–H and O–H groups in total. The lowest BCUT2D eigenvalue weighted by Crippen LogP contribution is -2.36. The summed E-state index contributed by atoms with van der Waals surface area (Å²) in [7, 11) is 0. The Morgan fingerprint density at radius 2 is 1.39 bits per heavy atom. The molecule has 5 rings (SSSR count). The van der Waals surface area contributed by atoms with Gasteiger partial charge in [0.15, 0.2) is 0 Å². The average Bonchev–Trinajstić information content (AvgIpc) is 2.77. The van der Waals surface area contributed by atoms with Crippen molar-refractivity contribution in [2.45, 2.75) is 22.6 Å². The van der Waals surface area contributed by atoms with E-state index in [0.29, 0.717) is 0 Å². The molecular formula is C24H20N2S2. The van der Waals surface area contributed by atoms with Gasteiger partial charge in [0.2, 0.25) is 0 Å². The van der Waals surface area contributed by atoms with Crippen molar-refractivity contribution in [1.29, 1.82) is 0 Å². The number of fused-ring (bicyclic) bond motifs is 2. The second kappa shape index (κ2) is 7.53. The van der Waals surface area contributed by atoms with Gasteiger partial charge in [-0.25, -0.2) is 0 Å². The number of hydrogen-bond donors (Lipinski definition) is 0. The standard InChI is InChI=1S/C24H20N2S2/c27-24(18-9-13-25-14-10-18)26-15-11-17(12-16-26)23-19-5-1-3-7-21(19)28-22-8-4-2-6-20(22)23/h1-10,13-14H,11-12,15-16H2. The lowest BCUT2D eigenvalue weighted by Gasteiger charge is -2.33. The lowest BCUT2D eigenvalue weighted by atomic mass is 9.88. The van der Waals surface area contributed by atoms with Crippen LogP contribution in [0.15, 0.2) is 88.4 Å². The van der Waals surface area contributed by atoms with E-state index in [1.165, 1.54) is 26.5 Å². The highest BCUT2D eigenvalue weighted by atomic mass is 32.2. The van der Waals surface area contributed by atoms with E-state index in [1.54, 1.807) is 5.57 Å². The number of thiocarbonyl (C=S) groups is 1.